The van der Waals surface area contributed by atoms with E-state index in [0.717, 1.165) is 15.8 Å². The number of halogens is 2. The molecule has 23 heavy (non-hydrogen) atoms. The van der Waals surface area contributed by atoms with Gasteiger partial charge in [0.1, 0.15) is 17.2 Å². The fourth-order valence-corrected chi connectivity index (χ4v) is 1.93. The Morgan fingerprint density at radius 1 is 1.43 bits per heavy atom. The van der Waals surface area contributed by atoms with Crippen LogP contribution in [0.1, 0.15) is 5.69 Å². The monoisotopic (exact) mass is 327 g/mol. The largest absolute Gasteiger partial charge is 0.465 e. The molecule has 0 aliphatic carbocycles. The molecule has 0 saturated heterocycles. The van der Waals surface area contributed by atoms with E-state index in [4.69, 9.17) is 5.11 Å². The number of benzene rings is 1. The molecule has 2 rings (SSSR count). The summed E-state index contributed by atoms with van der Waals surface area (Å²) in [6.45, 7) is -0.248. The Morgan fingerprint density at radius 2 is 2.09 bits per heavy atom. The van der Waals surface area contributed by atoms with E-state index in [2.05, 4.69) is 10.2 Å². The van der Waals surface area contributed by atoms with Crippen LogP contribution in [0.5, 0.6) is 0 Å². The molecule has 0 aliphatic heterocycles. The van der Waals surface area contributed by atoms with E-state index in [-0.39, 0.29) is 17.9 Å². The highest BCUT2D eigenvalue weighted by molar-refractivity contribution is 5.68. The molecule has 9 nitrogen and oxygen atoms in total. The zero-order valence-electron chi connectivity index (χ0n) is 12.0. The van der Waals surface area contributed by atoms with Crippen LogP contribution in [0.4, 0.5) is 19.3 Å². The molecule has 0 atom stereocenters. The van der Waals surface area contributed by atoms with Crippen LogP contribution in [0.15, 0.2) is 12.1 Å². The van der Waals surface area contributed by atoms with Gasteiger partial charge in [-0.1, -0.05) is 0 Å². The van der Waals surface area contributed by atoms with Gasteiger partial charge in [0, 0.05) is 19.7 Å². The van der Waals surface area contributed by atoms with Crippen molar-refractivity contribution in [2.75, 3.05) is 7.05 Å². The van der Waals surface area contributed by atoms with Gasteiger partial charge in [-0.05, 0) is 6.07 Å². The summed E-state index contributed by atoms with van der Waals surface area (Å²) < 4.78 is 27.8. The lowest BCUT2D eigenvalue weighted by Gasteiger charge is -2.11. The van der Waals surface area contributed by atoms with Gasteiger partial charge in [-0.25, -0.2) is 9.18 Å². The summed E-state index contributed by atoms with van der Waals surface area (Å²) in [7, 11) is 2.66. The van der Waals surface area contributed by atoms with Crippen molar-refractivity contribution in [3.8, 4) is 11.3 Å². The van der Waals surface area contributed by atoms with Crippen LogP contribution in [0, 0.1) is 21.7 Å². The van der Waals surface area contributed by atoms with Crippen molar-refractivity contribution in [3.05, 3.63) is 39.6 Å². The summed E-state index contributed by atoms with van der Waals surface area (Å²) in [5.74, 6) is -2.28. The first-order chi connectivity index (χ1) is 10.7. The molecule has 2 aromatic rings. The molecule has 0 bridgehead atoms. The topological polar surface area (TPSA) is 114 Å². The van der Waals surface area contributed by atoms with E-state index in [1.807, 2.05) is 0 Å². The van der Waals surface area contributed by atoms with Crippen LogP contribution in [-0.4, -0.2) is 43.1 Å². The van der Waals surface area contributed by atoms with Crippen molar-refractivity contribution in [3.63, 3.8) is 0 Å². The number of aromatic nitrogens is 3. The lowest BCUT2D eigenvalue weighted by molar-refractivity contribution is -0.387. The Hall–Kier alpha value is -3.11. The first kappa shape index (κ1) is 16.3. The van der Waals surface area contributed by atoms with Gasteiger partial charge in [-0.3, -0.25) is 10.1 Å². The Bertz CT molecular complexity index is 792. The van der Waals surface area contributed by atoms with E-state index in [9.17, 15) is 23.7 Å². The summed E-state index contributed by atoms with van der Waals surface area (Å²) in [4.78, 5) is 22.5. The van der Waals surface area contributed by atoms with Crippen molar-refractivity contribution in [2.45, 2.75) is 6.54 Å². The molecule has 11 heteroatoms. The number of hydrogen-bond acceptors (Lipinski definition) is 5. The van der Waals surface area contributed by atoms with Gasteiger partial charge in [0.2, 0.25) is 5.82 Å². The maximum Gasteiger partial charge on any atom is 0.407 e. The summed E-state index contributed by atoms with van der Waals surface area (Å²) in [6.07, 6.45) is -1.26. The standard InChI is InChI=1S/C12H11F2N5O4/c1-17(12(20)21)5-8-11(16-18(2)15-8)7-3-6(13)4-9(10(7)14)19(22)23/h3-4H,5H2,1-2H3,(H,20,21). The Kier molecular flexibility index (Phi) is 4.20. The molecule has 0 fully saturated rings. The molecule has 1 heterocycles. The van der Waals surface area contributed by atoms with Gasteiger partial charge in [-0.2, -0.15) is 19.4 Å². The van der Waals surface area contributed by atoms with E-state index in [1.165, 1.54) is 14.1 Å². The number of aryl methyl sites for hydroxylation is 1. The van der Waals surface area contributed by atoms with Crippen molar-refractivity contribution in [1.29, 1.82) is 0 Å². The van der Waals surface area contributed by atoms with Crippen LogP contribution in [0.25, 0.3) is 11.3 Å². The quantitative estimate of drug-likeness (QED) is 0.676. The third kappa shape index (κ3) is 3.22. The van der Waals surface area contributed by atoms with Crippen LogP contribution < -0.4 is 0 Å². The van der Waals surface area contributed by atoms with Crippen LogP contribution in [0.2, 0.25) is 0 Å². The van der Waals surface area contributed by atoms with Crippen LogP contribution in [-0.2, 0) is 13.6 Å². The number of nitro groups is 1. The van der Waals surface area contributed by atoms with Gasteiger partial charge in [0.05, 0.1) is 17.5 Å². The highest BCUT2D eigenvalue weighted by atomic mass is 19.1. The van der Waals surface area contributed by atoms with Gasteiger partial charge in [-0.15, -0.1) is 0 Å². The molecule has 0 saturated carbocycles. The number of nitro benzene ring substituents is 1. The lowest BCUT2D eigenvalue weighted by atomic mass is 10.1. The number of amides is 1. The molecule has 1 aromatic heterocycles. The SMILES string of the molecule is CN(Cc1nn(C)nc1-c1cc(F)cc([N+](=O)[O-])c1F)C(=O)O. The number of carboxylic acid groups (broad SMARTS) is 1. The smallest absolute Gasteiger partial charge is 0.407 e. The van der Waals surface area contributed by atoms with E-state index < -0.39 is 33.9 Å². The third-order valence-electron chi connectivity index (χ3n) is 2.97. The second kappa shape index (κ2) is 5.94. The zero-order valence-corrected chi connectivity index (χ0v) is 12.0. The predicted octanol–water partition coefficient (Wildman–Crippen LogP) is 1.78. The van der Waals surface area contributed by atoms with Gasteiger partial charge in [0.15, 0.2) is 0 Å². The highest BCUT2D eigenvalue weighted by Crippen LogP contribution is 2.31. The zero-order chi connectivity index (χ0) is 17.3. The number of hydrogen-bond donors (Lipinski definition) is 1. The minimum absolute atomic E-state index is 0.0381. The van der Waals surface area contributed by atoms with Gasteiger partial charge < -0.3 is 10.0 Å². The molecule has 0 spiro atoms. The number of rotatable bonds is 4. The highest BCUT2D eigenvalue weighted by Gasteiger charge is 2.26. The fourth-order valence-electron chi connectivity index (χ4n) is 1.93. The molecular weight excluding hydrogens is 316 g/mol. The Morgan fingerprint density at radius 3 is 2.65 bits per heavy atom. The molecule has 1 amide bonds. The second-order valence-electron chi connectivity index (χ2n) is 4.67. The summed E-state index contributed by atoms with van der Waals surface area (Å²) >= 11 is 0. The van der Waals surface area contributed by atoms with Crippen molar-refractivity contribution < 1.29 is 23.6 Å². The van der Waals surface area contributed by atoms with Crippen LogP contribution in [0.3, 0.4) is 0 Å². The van der Waals surface area contributed by atoms with Crippen molar-refractivity contribution in [2.24, 2.45) is 7.05 Å². The number of carbonyl (C=O) groups is 1. The fraction of sp³-hybridized carbons (Fsp3) is 0.250. The normalized spacial score (nSPS) is 10.6. The first-order valence-corrected chi connectivity index (χ1v) is 6.18. The average molecular weight is 327 g/mol. The van der Waals surface area contributed by atoms with Gasteiger partial charge in [0.25, 0.3) is 0 Å². The molecule has 122 valence electrons. The molecule has 1 aromatic carbocycles. The summed E-state index contributed by atoms with van der Waals surface area (Å²) in [5, 5.41) is 27.4. The van der Waals surface area contributed by atoms with Gasteiger partial charge >= 0.3 is 11.8 Å². The first-order valence-electron chi connectivity index (χ1n) is 6.18. The summed E-state index contributed by atoms with van der Waals surface area (Å²) in [6, 6.07) is 1.20. The van der Waals surface area contributed by atoms with Crippen molar-refractivity contribution >= 4 is 11.8 Å². The maximum atomic E-state index is 14.3. The molecule has 0 aliphatic rings. The Labute approximate surface area is 127 Å². The Balaban J connectivity index is 2.59. The second-order valence-corrected chi connectivity index (χ2v) is 4.67. The minimum atomic E-state index is -1.27. The maximum absolute atomic E-state index is 14.3. The van der Waals surface area contributed by atoms with E-state index >= 15 is 0 Å². The van der Waals surface area contributed by atoms with Crippen molar-refractivity contribution in [1.82, 2.24) is 19.9 Å². The minimum Gasteiger partial charge on any atom is -0.465 e. The van der Waals surface area contributed by atoms with Crippen LogP contribution >= 0.6 is 0 Å². The number of nitrogens with zero attached hydrogens (tertiary/aromatic N) is 5. The molecular formula is C12H11F2N5O4. The predicted molar refractivity (Wildman–Crippen MR) is 72.5 cm³/mol. The molecule has 0 unspecified atom stereocenters. The molecule has 1 N–H and O–H groups in total. The van der Waals surface area contributed by atoms with E-state index in [0.29, 0.717) is 6.07 Å². The molecule has 0 radical (unpaired) electrons. The third-order valence-corrected chi connectivity index (χ3v) is 2.97. The van der Waals surface area contributed by atoms with E-state index in [1.54, 1.807) is 0 Å². The lowest BCUT2D eigenvalue weighted by Crippen LogP contribution is -2.24. The average Bonchev–Trinajstić information content (AvgIpc) is 2.81. The summed E-state index contributed by atoms with van der Waals surface area (Å²) in [5.41, 5.74) is -1.63.